The Bertz CT molecular complexity index is 774. The smallest absolute Gasteiger partial charge is 0.344 e. The fourth-order valence-electron chi connectivity index (χ4n) is 2.38. The van der Waals surface area contributed by atoms with Crippen LogP contribution in [0.3, 0.4) is 0 Å². The average molecular weight is 373 g/mol. The van der Waals surface area contributed by atoms with Crippen molar-refractivity contribution in [1.29, 1.82) is 0 Å². The Kier molecular flexibility index (Phi) is 7.34. The molecule has 0 saturated carbocycles. The normalized spacial score (nSPS) is 10.6. The van der Waals surface area contributed by atoms with Crippen LogP contribution < -0.4 is 4.74 Å². The third kappa shape index (κ3) is 6.73. The molecule has 2 aromatic rings. The maximum absolute atomic E-state index is 13.2. The molecule has 0 unspecified atom stereocenters. The number of carbonyl (C=O) groups is 2. The molecule has 27 heavy (non-hydrogen) atoms. The summed E-state index contributed by atoms with van der Waals surface area (Å²) >= 11 is 0. The fourth-order valence-corrected chi connectivity index (χ4v) is 2.38. The van der Waals surface area contributed by atoms with E-state index in [0.717, 1.165) is 0 Å². The second-order valence-corrected chi connectivity index (χ2v) is 6.55. The largest absolute Gasteiger partial charge is 0.482 e. The van der Waals surface area contributed by atoms with Gasteiger partial charge in [0.25, 0.3) is 5.91 Å². The van der Waals surface area contributed by atoms with E-state index in [9.17, 15) is 14.0 Å². The van der Waals surface area contributed by atoms with Gasteiger partial charge >= 0.3 is 5.97 Å². The van der Waals surface area contributed by atoms with Gasteiger partial charge in [-0.05, 0) is 41.3 Å². The number of esters is 1. The van der Waals surface area contributed by atoms with Gasteiger partial charge in [-0.15, -0.1) is 0 Å². The van der Waals surface area contributed by atoms with Gasteiger partial charge in [0.1, 0.15) is 11.6 Å². The Balaban J connectivity index is 1.73. The highest BCUT2D eigenvalue weighted by Crippen LogP contribution is 2.18. The quantitative estimate of drug-likeness (QED) is 0.664. The maximum Gasteiger partial charge on any atom is 0.344 e. The van der Waals surface area contributed by atoms with E-state index >= 15 is 0 Å². The lowest BCUT2D eigenvalue weighted by atomic mass is 10.0. The van der Waals surface area contributed by atoms with E-state index in [4.69, 9.17) is 9.47 Å². The number of hydrogen-bond acceptors (Lipinski definition) is 4. The van der Waals surface area contributed by atoms with Crippen LogP contribution in [-0.4, -0.2) is 37.0 Å². The molecule has 0 bridgehead atoms. The first kappa shape index (κ1) is 20.4. The Hall–Kier alpha value is -2.89. The third-order valence-electron chi connectivity index (χ3n) is 3.99. The van der Waals surface area contributed by atoms with Crippen LogP contribution in [0.2, 0.25) is 0 Å². The first-order valence-electron chi connectivity index (χ1n) is 8.72. The predicted octanol–water partition coefficient (Wildman–Crippen LogP) is 3.53. The third-order valence-corrected chi connectivity index (χ3v) is 3.99. The first-order valence-corrected chi connectivity index (χ1v) is 8.72. The summed E-state index contributed by atoms with van der Waals surface area (Å²) in [5.74, 6) is -0.395. The maximum atomic E-state index is 13.2. The lowest BCUT2D eigenvalue weighted by molar-refractivity contribution is -0.153. The number of hydrogen-bond donors (Lipinski definition) is 0. The summed E-state index contributed by atoms with van der Waals surface area (Å²) in [7, 11) is 1.56. The van der Waals surface area contributed by atoms with Gasteiger partial charge in [0.2, 0.25) is 0 Å². The molecule has 0 saturated heterocycles. The number of carbonyl (C=O) groups excluding carboxylic acids is 2. The van der Waals surface area contributed by atoms with Crippen molar-refractivity contribution in [3.05, 3.63) is 65.5 Å². The number of nitrogens with zero attached hydrogens (tertiary/aromatic N) is 1. The molecule has 0 radical (unpaired) electrons. The van der Waals surface area contributed by atoms with Crippen molar-refractivity contribution in [2.24, 2.45) is 0 Å². The Morgan fingerprint density at radius 2 is 1.78 bits per heavy atom. The van der Waals surface area contributed by atoms with E-state index in [1.165, 1.54) is 22.6 Å². The van der Waals surface area contributed by atoms with Crippen molar-refractivity contribution in [3.8, 4) is 5.75 Å². The van der Waals surface area contributed by atoms with Gasteiger partial charge in [-0.25, -0.2) is 9.18 Å². The molecule has 1 amide bonds. The lowest BCUT2D eigenvalue weighted by Crippen LogP contribution is -2.31. The first-order chi connectivity index (χ1) is 12.8. The molecule has 2 aromatic carbocycles. The van der Waals surface area contributed by atoms with Crippen LogP contribution in [0.4, 0.5) is 4.39 Å². The molecule has 0 atom stereocenters. The predicted molar refractivity (Wildman–Crippen MR) is 99.9 cm³/mol. The van der Waals surface area contributed by atoms with E-state index in [1.807, 2.05) is 12.1 Å². The number of halogens is 1. The van der Waals surface area contributed by atoms with E-state index in [1.54, 1.807) is 31.3 Å². The fraction of sp³-hybridized carbons (Fsp3) is 0.333. The van der Waals surface area contributed by atoms with Crippen molar-refractivity contribution in [2.45, 2.75) is 26.3 Å². The molecular formula is C21H24FNO4. The molecule has 6 heteroatoms. The topological polar surface area (TPSA) is 55.8 Å². The highest BCUT2D eigenvalue weighted by molar-refractivity contribution is 5.80. The monoisotopic (exact) mass is 373 g/mol. The second-order valence-electron chi connectivity index (χ2n) is 6.55. The summed E-state index contributed by atoms with van der Waals surface area (Å²) in [5, 5.41) is 0. The van der Waals surface area contributed by atoms with E-state index in [-0.39, 0.29) is 31.5 Å². The summed E-state index contributed by atoms with van der Waals surface area (Å²) in [6.07, 6.45) is 0. The summed E-state index contributed by atoms with van der Waals surface area (Å²) < 4.78 is 23.5. The molecule has 0 heterocycles. The van der Waals surface area contributed by atoms with Crippen LogP contribution in [0, 0.1) is 5.82 Å². The average Bonchev–Trinajstić information content (AvgIpc) is 2.64. The van der Waals surface area contributed by atoms with E-state index in [0.29, 0.717) is 17.2 Å². The van der Waals surface area contributed by atoms with Crippen LogP contribution in [0.5, 0.6) is 5.75 Å². The number of benzene rings is 2. The van der Waals surface area contributed by atoms with Crippen LogP contribution in [0.25, 0.3) is 0 Å². The molecule has 0 aromatic heterocycles. The number of likely N-dealkylation sites (N-methyl/N-ethyl adjacent to an activating group) is 1. The zero-order valence-corrected chi connectivity index (χ0v) is 15.8. The number of amides is 1. The Morgan fingerprint density at radius 3 is 2.41 bits per heavy atom. The van der Waals surface area contributed by atoms with Crippen molar-refractivity contribution in [1.82, 2.24) is 4.90 Å². The van der Waals surface area contributed by atoms with Crippen molar-refractivity contribution in [3.63, 3.8) is 0 Å². The Morgan fingerprint density at radius 1 is 1.07 bits per heavy atom. The second kappa shape index (κ2) is 9.71. The van der Waals surface area contributed by atoms with Crippen LogP contribution in [0.15, 0.2) is 48.5 Å². The highest BCUT2D eigenvalue weighted by atomic mass is 19.1. The molecule has 0 fully saturated rings. The van der Waals surface area contributed by atoms with Crippen molar-refractivity contribution in [2.75, 3.05) is 20.3 Å². The minimum absolute atomic E-state index is 0.229. The molecular weight excluding hydrogens is 349 g/mol. The SMILES string of the molecule is CC(C)c1ccc(OCC(=O)OCC(=O)N(C)Cc2cccc(F)c2)cc1. The highest BCUT2D eigenvalue weighted by Gasteiger charge is 2.13. The standard InChI is InChI=1S/C21H24FNO4/c1-15(2)17-7-9-19(10-8-17)26-14-21(25)27-13-20(24)23(3)12-16-5-4-6-18(22)11-16/h4-11,15H,12-14H2,1-3H3. The van der Waals surface area contributed by atoms with E-state index in [2.05, 4.69) is 13.8 Å². The minimum atomic E-state index is -0.629. The summed E-state index contributed by atoms with van der Waals surface area (Å²) in [5.41, 5.74) is 1.84. The summed E-state index contributed by atoms with van der Waals surface area (Å²) in [6, 6.07) is 13.5. The van der Waals surface area contributed by atoms with E-state index < -0.39 is 5.97 Å². The van der Waals surface area contributed by atoms with Gasteiger partial charge in [-0.1, -0.05) is 38.1 Å². The van der Waals surface area contributed by atoms with Crippen molar-refractivity contribution >= 4 is 11.9 Å². The van der Waals surface area contributed by atoms with Crippen LogP contribution in [-0.2, 0) is 20.9 Å². The minimum Gasteiger partial charge on any atom is -0.482 e. The van der Waals surface area contributed by atoms with Gasteiger partial charge in [-0.3, -0.25) is 4.79 Å². The zero-order chi connectivity index (χ0) is 19.8. The number of rotatable bonds is 8. The molecule has 0 aliphatic rings. The van der Waals surface area contributed by atoms with Crippen molar-refractivity contribution < 1.29 is 23.5 Å². The van der Waals surface area contributed by atoms with Gasteiger partial charge in [0.05, 0.1) is 0 Å². The van der Waals surface area contributed by atoms with Gasteiger partial charge < -0.3 is 14.4 Å². The van der Waals surface area contributed by atoms with Crippen LogP contribution in [0.1, 0.15) is 30.9 Å². The van der Waals surface area contributed by atoms with Gasteiger partial charge in [0.15, 0.2) is 13.2 Å². The molecule has 0 N–H and O–H groups in total. The zero-order valence-electron chi connectivity index (χ0n) is 15.8. The molecule has 5 nitrogen and oxygen atoms in total. The lowest BCUT2D eigenvalue weighted by Gasteiger charge is -2.17. The molecule has 2 rings (SSSR count). The van der Waals surface area contributed by atoms with Gasteiger partial charge in [-0.2, -0.15) is 0 Å². The van der Waals surface area contributed by atoms with Crippen LogP contribution >= 0.6 is 0 Å². The summed E-state index contributed by atoms with van der Waals surface area (Å²) in [6.45, 7) is 3.75. The Labute approximate surface area is 158 Å². The molecule has 0 aliphatic carbocycles. The molecule has 0 aliphatic heterocycles. The molecule has 144 valence electrons. The molecule has 0 spiro atoms. The number of ether oxygens (including phenoxy) is 2. The summed E-state index contributed by atoms with van der Waals surface area (Å²) in [4.78, 5) is 25.1. The van der Waals surface area contributed by atoms with Gasteiger partial charge in [0, 0.05) is 13.6 Å².